The Morgan fingerprint density at radius 2 is 2.17 bits per heavy atom. The number of phenols is 1. The minimum atomic E-state index is -0.00282. The maximum Gasteiger partial charge on any atom is 0.161 e. The van der Waals surface area contributed by atoms with Gasteiger partial charge >= 0.3 is 0 Å². The molecule has 0 saturated carbocycles. The minimum absolute atomic E-state index is 0.00282. The Hall–Kier alpha value is -1.30. The number of aliphatic hydroxyl groups is 1. The molecule has 5 heteroatoms. The van der Waals surface area contributed by atoms with Crippen LogP contribution in [0.1, 0.15) is 18.5 Å². The van der Waals surface area contributed by atoms with E-state index >= 15 is 0 Å². The van der Waals surface area contributed by atoms with Gasteiger partial charge in [0.25, 0.3) is 0 Å². The van der Waals surface area contributed by atoms with E-state index in [1.165, 1.54) is 0 Å². The van der Waals surface area contributed by atoms with Crippen molar-refractivity contribution in [3.8, 4) is 11.5 Å². The van der Waals surface area contributed by atoms with Gasteiger partial charge in [-0.05, 0) is 31.7 Å². The lowest BCUT2D eigenvalue weighted by atomic mass is 10.0. The number of rotatable bonds is 7. The van der Waals surface area contributed by atoms with Gasteiger partial charge in [-0.1, -0.05) is 6.07 Å². The Labute approximate surface area is 108 Å². The molecule has 0 radical (unpaired) electrons. The highest BCUT2D eigenvalue weighted by Crippen LogP contribution is 2.30. The Balaban J connectivity index is 2.95. The van der Waals surface area contributed by atoms with Gasteiger partial charge in [-0.2, -0.15) is 0 Å². The second-order valence-corrected chi connectivity index (χ2v) is 4.12. The van der Waals surface area contributed by atoms with Crippen molar-refractivity contribution in [3.63, 3.8) is 0 Å². The van der Waals surface area contributed by atoms with E-state index in [0.29, 0.717) is 25.4 Å². The van der Waals surface area contributed by atoms with Crippen LogP contribution in [0.4, 0.5) is 0 Å². The van der Waals surface area contributed by atoms with Gasteiger partial charge in [-0.3, -0.25) is 4.90 Å². The van der Waals surface area contributed by atoms with E-state index in [1.807, 2.05) is 24.9 Å². The first-order valence-corrected chi connectivity index (χ1v) is 6.10. The van der Waals surface area contributed by atoms with Crippen LogP contribution < -0.4 is 10.5 Å². The van der Waals surface area contributed by atoms with Crippen molar-refractivity contribution in [1.82, 2.24) is 4.90 Å². The van der Waals surface area contributed by atoms with E-state index in [1.54, 1.807) is 12.1 Å². The monoisotopic (exact) mass is 254 g/mol. The van der Waals surface area contributed by atoms with Gasteiger partial charge in [0.05, 0.1) is 13.2 Å². The molecule has 0 spiro atoms. The average molecular weight is 254 g/mol. The maximum absolute atomic E-state index is 9.65. The molecular weight excluding hydrogens is 232 g/mol. The lowest BCUT2D eigenvalue weighted by molar-refractivity contribution is 0.183. The van der Waals surface area contributed by atoms with E-state index < -0.39 is 0 Å². The standard InChI is InChI=1S/C13H22N2O3/c1-3-18-13-8-10(4-5-12(13)17)11(9-14)15(2)6-7-16/h4-5,8,11,16-17H,3,6-7,9,14H2,1-2H3. The summed E-state index contributed by atoms with van der Waals surface area (Å²) in [5.74, 6) is 0.590. The molecule has 0 fully saturated rings. The molecule has 0 heterocycles. The van der Waals surface area contributed by atoms with Gasteiger partial charge in [-0.15, -0.1) is 0 Å². The highest BCUT2D eigenvalue weighted by Gasteiger charge is 2.16. The zero-order valence-electron chi connectivity index (χ0n) is 11.0. The van der Waals surface area contributed by atoms with E-state index in [9.17, 15) is 5.11 Å². The predicted molar refractivity (Wildman–Crippen MR) is 70.8 cm³/mol. The zero-order chi connectivity index (χ0) is 13.5. The van der Waals surface area contributed by atoms with Crippen LogP contribution in [0.15, 0.2) is 18.2 Å². The highest BCUT2D eigenvalue weighted by atomic mass is 16.5. The SMILES string of the molecule is CCOc1cc(C(CN)N(C)CCO)ccc1O. The smallest absolute Gasteiger partial charge is 0.161 e. The Kier molecular flexibility index (Phi) is 5.91. The topological polar surface area (TPSA) is 79.0 Å². The van der Waals surface area contributed by atoms with Crippen LogP contribution >= 0.6 is 0 Å². The maximum atomic E-state index is 9.65. The summed E-state index contributed by atoms with van der Waals surface area (Å²) in [4.78, 5) is 1.97. The number of benzene rings is 1. The van der Waals surface area contributed by atoms with Crippen LogP contribution in [0.3, 0.4) is 0 Å². The van der Waals surface area contributed by atoms with Crippen LogP contribution in [0, 0.1) is 0 Å². The van der Waals surface area contributed by atoms with Gasteiger partial charge in [0.2, 0.25) is 0 Å². The van der Waals surface area contributed by atoms with Gasteiger partial charge < -0.3 is 20.7 Å². The molecule has 18 heavy (non-hydrogen) atoms. The molecule has 0 aliphatic heterocycles. The molecule has 4 N–H and O–H groups in total. The summed E-state index contributed by atoms with van der Waals surface area (Å²) in [7, 11) is 1.90. The number of phenolic OH excluding ortho intramolecular Hbond substituents is 1. The third kappa shape index (κ3) is 3.60. The summed E-state index contributed by atoms with van der Waals surface area (Å²) in [6.07, 6.45) is 0. The number of ether oxygens (including phenoxy) is 1. The molecule has 0 amide bonds. The van der Waals surface area contributed by atoms with Crippen LogP contribution in [-0.2, 0) is 0 Å². The first kappa shape index (κ1) is 14.8. The van der Waals surface area contributed by atoms with Gasteiger partial charge in [0, 0.05) is 19.1 Å². The fourth-order valence-corrected chi connectivity index (χ4v) is 1.89. The first-order chi connectivity index (χ1) is 8.63. The van der Waals surface area contributed by atoms with Crippen LogP contribution in [0.25, 0.3) is 0 Å². The second kappa shape index (κ2) is 7.20. The molecule has 0 aliphatic rings. The number of likely N-dealkylation sites (N-methyl/N-ethyl adjacent to an activating group) is 1. The van der Waals surface area contributed by atoms with E-state index in [2.05, 4.69) is 0 Å². The number of aliphatic hydroxyl groups excluding tert-OH is 1. The van der Waals surface area contributed by atoms with Crippen molar-refractivity contribution < 1.29 is 14.9 Å². The molecular formula is C13H22N2O3. The summed E-state index contributed by atoms with van der Waals surface area (Å²) in [6, 6.07) is 5.22. The predicted octanol–water partition coefficient (Wildman–Crippen LogP) is 0.715. The molecule has 1 aromatic carbocycles. The average Bonchev–Trinajstić information content (AvgIpc) is 2.34. The van der Waals surface area contributed by atoms with Crippen molar-refractivity contribution in [3.05, 3.63) is 23.8 Å². The Morgan fingerprint density at radius 1 is 1.44 bits per heavy atom. The molecule has 0 bridgehead atoms. The van der Waals surface area contributed by atoms with Gasteiger partial charge in [-0.25, -0.2) is 0 Å². The van der Waals surface area contributed by atoms with Gasteiger partial charge in [0.15, 0.2) is 11.5 Å². The summed E-state index contributed by atoms with van der Waals surface area (Å²) < 4.78 is 5.35. The van der Waals surface area contributed by atoms with Crippen molar-refractivity contribution in [1.29, 1.82) is 0 Å². The lowest BCUT2D eigenvalue weighted by Gasteiger charge is -2.27. The Morgan fingerprint density at radius 3 is 2.72 bits per heavy atom. The molecule has 5 nitrogen and oxygen atoms in total. The summed E-state index contributed by atoms with van der Waals surface area (Å²) in [5.41, 5.74) is 6.74. The summed E-state index contributed by atoms with van der Waals surface area (Å²) >= 11 is 0. The van der Waals surface area contributed by atoms with Crippen LogP contribution in [0.5, 0.6) is 11.5 Å². The van der Waals surface area contributed by atoms with E-state index in [0.717, 1.165) is 5.56 Å². The number of nitrogens with zero attached hydrogens (tertiary/aromatic N) is 1. The minimum Gasteiger partial charge on any atom is -0.504 e. The number of hydrogen-bond donors (Lipinski definition) is 3. The first-order valence-electron chi connectivity index (χ1n) is 6.10. The fraction of sp³-hybridized carbons (Fsp3) is 0.538. The van der Waals surface area contributed by atoms with Crippen LogP contribution in [0.2, 0.25) is 0 Å². The highest BCUT2D eigenvalue weighted by molar-refractivity contribution is 5.42. The van der Waals surface area contributed by atoms with Crippen LogP contribution in [-0.4, -0.2) is 48.5 Å². The number of hydrogen-bond acceptors (Lipinski definition) is 5. The molecule has 1 atom stereocenters. The zero-order valence-corrected chi connectivity index (χ0v) is 11.0. The largest absolute Gasteiger partial charge is 0.504 e. The molecule has 0 saturated heterocycles. The molecule has 0 aliphatic carbocycles. The second-order valence-electron chi connectivity index (χ2n) is 4.12. The van der Waals surface area contributed by atoms with Gasteiger partial charge in [0.1, 0.15) is 0 Å². The fourth-order valence-electron chi connectivity index (χ4n) is 1.89. The summed E-state index contributed by atoms with van der Waals surface area (Å²) in [6.45, 7) is 3.43. The molecule has 1 aromatic rings. The lowest BCUT2D eigenvalue weighted by Crippen LogP contribution is -2.32. The van der Waals surface area contributed by atoms with Crippen molar-refractivity contribution >= 4 is 0 Å². The molecule has 1 unspecified atom stereocenters. The summed E-state index contributed by atoms with van der Waals surface area (Å²) in [5, 5.41) is 18.6. The number of nitrogens with two attached hydrogens (primary N) is 1. The third-order valence-electron chi connectivity index (χ3n) is 2.88. The quantitative estimate of drug-likeness (QED) is 0.668. The molecule has 0 aromatic heterocycles. The normalized spacial score (nSPS) is 12.7. The molecule has 102 valence electrons. The van der Waals surface area contributed by atoms with Crippen molar-refractivity contribution in [2.75, 3.05) is 33.4 Å². The van der Waals surface area contributed by atoms with Crippen molar-refractivity contribution in [2.24, 2.45) is 5.73 Å². The number of aromatic hydroxyl groups is 1. The Bertz CT molecular complexity index is 371. The molecule has 1 rings (SSSR count). The van der Waals surface area contributed by atoms with E-state index in [4.69, 9.17) is 15.6 Å². The third-order valence-corrected chi connectivity index (χ3v) is 2.88. The van der Waals surface area contributed by atoms with E-state index in [-0.39, 0.29) is 18.4 Å². The van der Waals surface area contributed by atoms with Crippen molar-refractivity contribution in [2.45, 2.75) is 13.0 Å².